The highest BCUT2D eigenvalue weighted by atomic mass is 16.6. The zero-order valence-electron chi connectivity index (χ0n) is 47.6. The molecule has 0 saturated carbocycles. The van der Waals surface area contributed by atoms with E-state index in [4.69, 9.17) is 35.2 Å². The monoisotopic (exact) mass is 1120 g/mol. The molecule has 5 rings (SSSR count). The molecule has 4 aliphatic heterocycles. The Morgan fingerprint density at radius 1 is 0.900 bits per heavy atom. The van der Waals surface area contributed by atoms with Gasteiger partial charge >= 0.3 is 18.1 Å². The first-order chi connectivity index (χ1) is 38.1. The van der Waals surface area contributed by atoms with Gasteiger partial charge in [0.05, 0.1) is 37.4 Å². The van der Waals surface area contributed by atoms with Crippen molar-refractivity contribution in [3.63, 3.8) is 0 Å². The van der Waals surface area contributed by atoms with Crippen LogP contribution in [0.5, 0.6) is 0 Å². The minimum atomic E-state index is -1.01. The van der Waals surface area contributed by atoms with E-state index >= 15 is 0 Å². The van der Waals surface area contributed by atoms with Crippen molar-refractivity contribution in [2.45, 2.75) is 180 Å². The molecular formula is C57H87N9O14. The molecular weight excluding hydrogens is 1030 g/mol. The number of hydrogen-bond donors (Lipinski definition) is 8. The first kappa shape index (κ1) is 64.4. The van der Waals surface area contributed by atoms with Gasteiger partial charge in [0.1, 0.15) is 42.6 Å². The van der Waals surface area contributed by atoms with E-state index in [9.17, 15) is 43.5 Å². The molecule has 0 unspecified atom stereocenters. The lowest BCUT2D eigenvalue weighted by Gasteiger charge is -2.39. The predicted octanol–water partition coefficient (Wildman–Crippen LogP) is 3.38. The Morgan fingerprint density at radius 2 is 1.60 bits per heavy atom. The summed E-state index contributed by atoms with van der Waals surface area (Å²) in [5.74, 6) is -2.26. The number of nitrogens with two attached hydrogens (primary N) is 2. The highest BCUT2D eigenvalue weighted by Gasteiger charge is 2.58. The summed E-state index contributed by atoms with van der Waals surface area (Å²) >= 11 is 0. The quantitative estimate of drug-likeness (QED) is 0.0206. The van der Waals surface area contributed by atoms with Gasteiger partial charge in [0.2, 0.25) is 29.5 Å². The number of allylic oxidation sites excluding steroid dienone is 2. The Bertz CT molecular complexity index is 2350. The van der Waals surface area contributed by atoms with Crippen LogP contribution in [-0.2, 0) is 59.1 Å². The number of carbonyl (C=O) groups is 8. The maximum absolute atomic E-state index is 13.6. The van der Waals surface area contributed by atoms with Crippen molar-refractivity contribution in [3.05, 3.63) is 65.8 Å². The van der Waals surface area contributed by atoms with E-state index in [0.717, 1.165) is 24.8 Å². The molecule has 0 aromatic heterocycles. The Balaban J connectivity index is 1.04. The molecule has 1 aromatic rings. The van der Waals surface area contributed by atoms with Crippen molar-refractivity contribution < 1.29 is 67.1 Å². The van der Waals surface area contributed by atoms with Gasteiger partial charge in [0, 0.05) is 64.3 Å². The van der Waals surface area contributed by atoms with Gasteiger partial charge in [-0.25, -0.2) is 9.59 Å². The molecule has 8 amide bonds. The molecule has 4 fully saturated rings. The van der Waals surface area contributed by atoms with Gasteiger partial charge in [0.15, 0.2) is 0 Å². The van der Waals surface area contributed by atoms with E-state index in [2.05, 4.69) is 39.6 Å². The minimum Gasteiger partial charge on any atom is -0.459 e. The van der Waals surface area contributed by atoms with Crippen LogP contribution in [-0.4, -0.2) is 169 Å². The van der Waals surface area contributed by atoms with Crippen molar-refractivity contribution in [1.82, 2.24) is 31.1 Å². The summed E-state index contributed by atoms with van der Waals surface area (Å²) in [6, 6.07) is 3.87. The summed E-state index contributed by atoms with van der Waals surface area (Å²) in [4.78, 5) is 105. The molecule has 10 N–H and O–H groups in total. The third-order valence-corrected chi connectivity index (χ3v) is 14.8. The number of unbranched alkanes of at least 4 members (excludes halogenated alkanes) is 2. The fourth-order valence-corrected chi connectivity index (χ4v) is 9.93. The molecule has 4 heterocycles. The number of rotatable bonds is 27. The van der Waals surface area contributed by atoms with E-state index in [-0.39, 0.29) is 93.3 Å². The minimum absolute atomic E-state index is 0.0514. The van der Waals surface area contributed by atoms with Gasteiger partial charge in [-0.15, -0.1) is 0 Å². The number of nitrogens with zero attached hydrogens (tertiary/aromatic N) is 2. The van der Waals surface area contributed by atoms with Gasteiger partial charge in [0.25, 0.3) is 0 Å². The van der Waals surface area contributed by atoms with Crippen molar-refractivity contribution in [3.8, 4) is 0 Å². The second kappa shape index (κ2) is 31.6. The summed E-state index contributed by atoms with van der Waals surface area (Å²) in [6.07, 6.45) is 9.97. The van der Waals surface area contributed by atoms with E-state index in [1.165, 1.54) is 24.0 Å². The summed E-state index contributed by atoms with van der Waals surface area (Å²) in [7, 11) is 0. The number of carbonyl (C=O) groups excluding carboxylic acids is 8. The number of aliphatic hydroxyl groups excluding tert-OH is 1. The van der Waals surface area contributed by atoms with Crippen molar-refractivity contribution >= 4 is 53.3 Å². The normalized spacial score (nSPS) is 25.1. The van der Waals surface area contributed by atoms with Crippen LogP contribution in [0.2, 0.25) is 0 Å². The molecule has 80 heavy (non-hydrogen) atoms. The molecule has 1 spiro atoms. The Morgan fingerprint density at radius 3 is 2.25 bits per heavy atom. The van der Waals surface area contributed by atoms with Crippen LogP contribution in [0.3, 0.4) is 0 Å². The van der Waals surface area contributed by atoms with Crippen LogP contribution in [0.25, 0.3) is 0 Å². The molecule has 23 nitrogen and oxygen atoms in total. The second-order valence-electron chi connectivity index (χ2n) is 21.8. The number of benzene rings is 1. The van der Waals surface area contributed by atoms with Crippen LogP contribution in [0.4, 0.5) is 15.3 Å². The molecule has 444 valence electrons. The standard InChI is InChI=1S/C57H87N9O14/c1-35(2)51(64-48(68)13-9-8-10-24-58)54(73)63-44(12-11-25-60-55(59)74)53(72)61-42-19-17-41(18-20-42)33-76-56(75)66-28-26-65(27-29-66)50(70)31-43-32-57(34-77-57)52(71)47(80-43)22-15-36(3)14-21-46-37(4)30-45(39(6)79-46)62-49(69)23-16-38(5)78-40(7)67/h14-20,22-23,35,37-39,43-47,51-52,71H,8-13,21,24-34,58H2,1-7H3,(H,61,72)(H,62,69)(H,63,73)(H,64,68)(H3,59,60,74)/b22-15+,23-16-,36-14+/t37-,38-,39+,43+,44-,45+,46-,47+,51-,52+,57+/m0/s1. The van der Waals surface area contributed by atoms with Gasteiger partial charge < -0.3 is 76.6 Å². The number of nitrogens with one attached hydrogen (secondary N) is 5. The molecule has 0 aliphatic carbocycles. The van der Waals surface area contributed by atoms with Crippen LogP contribution >= 0.6 is 0 Å². The Labute approximate surface area is 470 Å². The molecule has 0 bridgehead atoms. The number of piperazine rings is 1. The summed E-state index contributed by atoms with van der Waals surface area (Å²) in [5, 5.41) is 25.1. The Kier molecular flexibility index (Phi) is 25.4. The highest BCUT2D eigenvalue weighted by molar-refractivity contribution is 5.98. The number of esters is 1. The number of hydrogen-bond acceptors (Lipinski definition) is 15. The highest BCUT2D eigenvalue weighted by Crippen LogP contribution is 2.43. The predicted molar refractivity (Wildman–Crippen MR) is 297 cm³/mol. The maximum Gasteiger partial charge on any atom is 0.410 e. The van der Waals surface area contributed by atoms with Crippen LogP contribution in [0.15, 0.2) is 60.2 Å². The summed E-state index contributed by atoms with van der Waals surface area (Å²) < 4.78 is 29.1. The summed E-state index contributed by atoms with van der Waals surface area (Å²) in [5.41, 5.74) is 12.0. The van der Waals surface area contributed by atoms with Crippen molar-refractivity contribution in [2.75, 3.05) is 51.2 Å². The number of amides is 8. The largest absolute Gasteiger partial charge is 0.459 e. The third kappa shape index (κ3) is 20.9. The molecule has 11 atom stereocenters. The fourth-order valence-electron chi connectivity index (χ4n) is 9.93. The van der Waals surface area contributed by atoms with Gasteiger partial charge in [-0.1, -0.05) is 63.1 Å². The number of ether oxygens (including phenoxy) is 5. The first-order valence-corrected chi connectivity index (χ1v) is 28.1. The lowest BCUT2D eigenvalue weighted by Crippen LogP contribution is -2.54. The second-order valence-corrected chi connectivity index (χ2v) is 21.8. The first-order valence-electron chi connectivity index (χ1n) is 28.1. The average molecular weight is 1120 g/mol. The zero-order valence-corrected chi connectivity index (χ0v) is 47.6. The van der Waals surface area contributed by atoms with E-state index in [1.807, 2.05) is 19.9 Å². The van der Waals surface area contributed by atoms with E-state index < -0.39 is 72.0 Å². The van der Waals surface area contributed by atoms with Crippen LogP contribution in [0, 0.1) is 11.8 Å². The number of aliphatic hydroxyl groups is 1. The molecule has 4 aliphatic rings. The van der Waals surface area contributed by atoms with E-state index in [1.54, 1.807) is 56.0 Å². The molecule has 23 heteroatoms. The number of epoxide rings is 1. The number of primary amides is 1. The van der Waals surface area contributed by atoms with Crippen molar-refractivity contribution in [1.29, 1.82) is 0 Å². The third-order valence-electron chi connectivity index (χ3n) is 14.8. The Hall–Kier alpha value is -6.40. The SMILES string of the molecule is CC(=O)O[C@@H](C)/C=C\C(=O)N[C@@H]1C[C@H](C)[C@H](C/C=C(C)/C=C/[C@H]2O[C@H](CC(=O)N3CCN(C(=O)OCc4ccc(NC(=O)[C@H](CCCNC(N)=O)NC(=O)[C@@H](NC(=O)CCCCCN)C(C)C)cc4)CC3)C[C@@]3(CO3)[C@@H]2O)O[C@@H]1C. The molecule has 1 aromatic carbocycles. The van der Waals surface area contributed by atoms with E-state index in [0.29, 0.717) is 63.2 Å². The average Bonchev–Trinajstić information content (AvgIpc) is 4.38. The lowest BCUT2D eigenvalue weighted by atomic mass is 9.87. The van der Waals surface area contributed by atoms with Gasteiger partial charge in [-0.2, -0.15) is 0 Å². The number of urea groups is 1. The van der Waals surface area contributed by atoms with Crippen LogP contribution in [0.1, 0.15) is 118 Å². The van der Waals surface area contributed by atoms with Gasteiger partial charge in [-0.3, -0.25) is 28.8 Å². The van der Waals surface area contributed by atoms with Gasteiger partial charge in [-0.05, 0) is 101 Å². The topological polar surface area (TPSA) is 325 Å². The maximum atomic E-state index is 13.6. The van der Waals surface area contributed by atoms with Crippen LogP contribution < -0.4 is 38.1 Å². The summed E-state index contributed by atoms with van der Waals surface area (Å²) in [6.45, 7) is 14.7. The fraction of sp³-hybridized carbons (Fsp3) is 0.649. The molecule has 0 radical (unpaired) electrons. The lowest BCUT2D eigenvalue weighted by molar-refractivity contribution is -0.152. The van der Waals surface area contributed by atoms with Crippen molar-refractivity contribution in [2.24, 2.45) is 23.3 Å². The smallest absolute Gasteiger partial charge is 0.410 e. The molecule has 4 saturated heterocycles. The zero-order chi connectivity index (χ0) is 58.5. The number of anilines is 1.